The highest BCUT2D eigenvalue weighted by molar-refractivity contribution is 5.79. The molecule has 2 N–H and O–H groups in total. The monoisotopic (exact) mass is 389 g/mol. The number of methoxy groups -OCH3 is 1. The van der Waals surface area contributed by atoms with Gasteiger partial charge in [0.15, 0.2) is 0 Å². The molecule has 1 amide bonds. The summed E-state index contributed by atoms with van der Waals surface area (Å²) in [6.45, 7) is 0.593. The van der Waals surface area contributed by atoms with Gasteiger partial charge in [-0.25, -0.2) is 0 Å². The Bertz CT molecular complexity index is 904. The molecule has 0 aliphatic carbocycles. The van der Waals surface area contributed by atoms with E-state index in [1.54, 1.807) is 7.11 Å². The van der Waals surface area contributed by atoms with Crippen LogP contribution in [0.25, 0.3) is 11.1 Å². The van der Waals surface area contributed by atoms with Gasteiger partial charge in [0.25, 0.3) is 0 Å². The number of carbonyl (C=O) groups is 1. The number of nitrogens with one attached hydrogen (secondary N) is 2. The molecule has 0 saturated heterocycles. The molecule has 0 fully saturated rings. The van der Waals surface area contributed by atoms with E-state index in [-0.39, 0.29) is 11.9 Å². The van der Waals surface area contributed by atoms with E-state index in [0.29, 0.717) is 13.0 Å². The first-order chi connectivity index (χ1) is 14.1. The summed E-state index contributed by atoms with van der Waals surface area (Å²) in [6.07, 6.45) is 0.382. The molecule has 0 aliphatic heterocycles. The second kappa shape index (κ2) is 9.89. The zero-order valence-corrected chi connectivity index (χ0v) is 17.3. The summed E-state index contributed by atoms with van der Waals surface area (Å²) >= 11 is 0. The SMILES string of the molecule is COc1ccc([C@@H](CNC(=O)Cc2ccc(-c3ccccc3)cc2)[NH+](C)C)cc1. The molecular weight excluding hydrogens is 360 g/mol. The summed E-state index contributed by atoms with van der Waals surface area (Å²) in [5.41, 5.74) is 4.53. The Kier molecular flexibility index (Phi) is 7.04. The zero-order valence-electron chi connectivity index (χ0n) is 17.3. The average molecular weight is 390 g/mol. The van der Waals surface area contributed by atoms with Gasteiger partial charge in [0.05, 0.1) is 34.2 Å². The number of benzene rings is 3. The van der Waals surface area contributed by atoms with Crippen LogP contribution in [-0.2, 0) is 11.2 Å². The van der Waals surface area contributed by atoms with Crippen molar-refractivity contribution in [2.75, 3.05) is 27.7 Å². The van der Waals surface area contributed by atoms with Crippen molar-refractivity contribution in [1.82, 2.24) is 5.32 Å². The van der Waals surface area contributed by atoms with Crippen LogP contribution in [0.15, 0.2) is 78.9 Å². The van der Waals surface area contributed by atoms with Crippen LogP contribution in [0, 0.1) is 0 Å². The van der Waals surface area contributed by atoms with Gasteiger partial charge in [-0.15, -0.1) is 0 Å². The van der Waals surface area contributed by atoms with Gasteiger partial charge < -0.3 is 15.0 Å². The molecule has 0 bridgehead atoms. The Morgan fingerprint density at radius 2 is 1.52 bits per heavy atom. The number of hydrogen-bond donors (Lipinski definition) is 2. The Labute approximate surface area is 173 Å². The molecular formula is C25H29N2O2+. The molecule has 3 aromatic carbocycles. The Morgan fingerprint density at radius 3 is 2.10 bits per heavy atom. The van der Waals surface area contributed by atoms with Gasteiger partial charge in [-0.2, -0.15) is 0 Å². The van der Waals surface area contributed by atoms with Crippen LogP contribution in [0.5, 0.6) is 5.75 Å². The lowest BCUT2D eigenvalue weighted by Gasteiger charge is -2.22. The smallest absolute Gasteiger partial charge is 0.224 e. The highest BCUT2D eigenvalue weighted by Crippen LogP contribution is 2.19. The lowest BCUT2D eigenvalue weighted by atomic mass is 10.0. The standard InChI is InChI=1S/C25H28N2O2/c1-27(2)24(22-13-15-23(29-3)16-14-22)18-26-25(28)17-19-9-11-21(12-10-19)20-7-5-4-6-8-20/h4-16,24H,17-18H2,1-3H3,(H,26,28)/p+1/t24-/m1/s1. The van der Waals surface area contributed by atoms with E-state index in [4.69, 9.17) is 4.74 Å². The fraction of sp³-hybridized carbons (Fsp3) is 0.240. The van der Waals surface area contributed by atoms with Crippen molar-refractivity contribution in [3.05, 3.63) is 90.0 Å². The molecule has 150 valence electrons. The molecule has 0 aromatic heterocycles. The summed E-state index contributed by atoms with van der Waals surface area (Å²) < 4.78 is 5.23. The molecule has 3 aromatic rings. The maximum Gasteiger partial charge on any atom is 0.224 e. The Hall–Kier alpha value is -3.11. The van der Waals surface area contributed by atoms with E-state index in [2.05, 4.69) is 55.8 Å². The third-order valence-corrected chi connectivity index (χ3v) is 5.14. The lowest BCUT2D eigenvalue weighted by molar-refractivity contribution is -0.890. The highest BCUT2D eigenvalue weighted by Gasteiger charge is 2.19. The van der Waals surface area contributed by atoms with Gasteiger partial charge >= 0.3 is 0 Å². The van der Waals surface area contributed by atoms with E-state index in [0.717, 1.165) is 16.9 Å². The van der Waals surface area contributed by atoms with Gasteiger partial charge in [0.2, 0.25) is 5.91 Å². The number of rotatable bonds is 8. The third-order valence-electron chi connectivity index (χ3n) is 5.14. The largest absolute Gasteiger partial charge is 0.497 e. The second-order valence-electron chi connectivity index (χ2n) is 7.45. The van der Waals surface area contributed by atoms with E-state index in [1.807, 2.05) is 42.5 Å². The van der Waals surface area contributed by atoms with Crippen LogP contribution in [0.3, 0.4) is 0 Å². The molecule has 4 nitrogen and oxygen atoms in total. The minimum absolute atomic E-state index is 0.0391. The molecule has 0 aliphatic rings. The first-order valence-corrected chi connectivity index (χ1v) is 9.92. The van der Waals surface area contributed by atoms with Gasteiger partial charge in [-0.05, 0) is 41.0 Å². The van der Waals surface area contributed by atoms with E-state index in [1.165, 1.54) is 16.0 Å². The zero-order chi connectivity index (χ0) is 20.6. The minimum Gasteiger partial charge on any atom is -0.497 e. The highest BCUT2D eigenvalue weighted by atomic mass is 16.5. The van der Waals surface area contributed by atoms with Gasteiger partial charge in [-0.3, -0.25) is 4.79 Å². The number of carbonyl (C=O) groups excluding carboxylic acids is 1. The Balaban J connectivity index is 1.57. The molecule has 0 heterocycles. The molecule has 0 radical (unpaired) electrons. The fourth-order valence-electron chi connectivity index (χ4n) is 3.40. The average Bonchev–Trinajstić information content (AvgIpc) is 2.75. The third kappa shape index (κ3) is 5.69. The number of likely N-dealkylation sites (N-methyl/N-ethyl adjacent to an activating group) is 1. The van der Waals surface area contributed by atoms with Crippen LogP contribution >= 0.6 is 0 Å². The maximum absolute atomic E-state index is 12.5. The summed E-state index contributed by atoms with van der Waals surface area (Å²) in [7, 11) is 5.86. The predicted molar refractivity (Wildman–Crippen MR) is 117 cm³/mol. The van der Waals surface area contributed by atoms with Crippen molar-refractivity contribution in [1.29, 1.82) is 0 Å². The first-order valence-electron chi connectivity index (χ1n) is 9.92. The van der Waals surface area contributed by atoms with E-state index in [9.17, 15) is 4.79 Å². The molecule has 1 atom stereocenters. The second-order valence-corrected chi connectivity index (χ2v) is 7.45. The van der Waals surface area contributed by atoms with Crippen molar-refractivity contribution < 1.29 is 14.4 Å². The molecule has 29 heavy (non-hydrogen) atoms. The molecule has 0 unspecified atom stereocenters. The van der Waals surface area contributed by atoms with E-state index < -0.39 is 0 Å². The van der Waals surface area contributed by atoms with Crippen LogP contribution in [-0.4, -0.2) is 33.7 Å². The topological polar surface area (TPSA) is 42.8 Å². The first kappa shape index (κ1) is 20.6. The van der Waals surface area contributed by atoms with Crippen molar-refractivity contribution in [3.63, 3.8) is 0 Å². The maximum atomic E-state index is 12.5. The number of ether oxygens (including phenoxy) is 1. The molecule has 0 spiro atoms. The van der Waals surface area contributed by atoms with Crippen LogP contribution in [0.4, 0.5) is 0 Å². The normalized spacial score (nSPS) is 11.9. The quantitative estimate of drug-likeness (QED) is 0.622. The van der Waals surface area contributed by atoms with Crippen molar-refractivity contribution >= 4 is 5.91 Å². The van der Waals surface area contributed by atoms with Crippen molar-refractivity contribution in [2.45, 2.75) is 12.5 Å². The van der Waals surface area contributed by atoms with E-state index >= 15 is 0 Å². The van der Waals surface area contributed by atoms with Gasteiger partial charge in [0, 0.05) is 5.56 Å². The van der Waals surface area contributed by atoms with Gasteiger partial charge in [0.1, 0.15) is 11.8 Å². The lowest BCUT2D eigenvalue weighted by Crippen LogP contribution is -3.07. The number of hydrogen-bond acceptors (Lipinski definition) is 2. The minimum atomic E-state index is 0.0391. The molecule has 4 heteroatoms. The number of quaternary nitrogens is 1. The van der Waals surface area contributed by atoms with Crippen LogP contribution < -0.4 is 15.0 Å². The van der Waals surface area contributed by atoms with Crippen molar-refractivity contribution in [2.24, 2.45) is 0 Å². The predicted octanol–water partition coefficient (Wildman–Crippen LogP) is 2.91. The molecule has 3 rings (SSSR count). The summed E-state index contributed by atoms with van der Waals surface area (Å²) in [4.78, 5) is 13.8. The van der Waals surface area contributed by atoms with Crippen LogP contribution in [0.1, 0.15) is 17.2 Å². The van der Waals surface area contributed by atoms with Crippen LogP contribution in [0.2, 0.25) is 0 Å². The molecule has 0 saturated carbocycles. The summed E-state index contributed by atoms with van der Waals surface area (Å²) in [5, 5.41) is 3.09. The van der Waals surface area contributed by atoms with Crippen molar-refractivity contribution in [3.8, 4) is 16.9 Å². The van der Waals surface area contributed by atoms with Gasteiger partial charge in [-0.1, -0.05) is 54.6 Å². The fourth-order valence-corrected chi connectivity index (χ4v) is 3.40. The summed E-state index contributed by atoms with van der Waals surface area (Å²) in [6, 6.07) is 26.7. The number of amides is 1. The Morgan fingerprint density at radius 1 is 0.897 bits per heavy atom. The summed E-state index contributed by atoms with van der Waals surface area (Å²) in [5.74, 6) is 0.876.